The van der Waals surface area contributed by atoms with Crippen LogP contribution in [0.15, 0.2) is 35.0 Å². The van der Waals surface area contributed by atoms with Crippen LogP contribution >= 0.6 is 0 Å². The van der Waals surface area contributed by atoms with Crippen molar-refractivity contribution in [2.75, 3.05) is 26.3 Å². The minimum atomic E-state index is 0.212. The maximum Gasteiger partial charge on any atom is 0.133 e. The smallest absolute Gasteiger partial charge is 0.133 e. The third-order valence-corrected chi connectivity index (χ3v) is 5.54. The number of piperidine rings is 1. The van der Waals surface area contributed by atoms with Gasteiger partial charge in [0.05, 0.1) is 37.3 Å². The van der Waals surface area contributed by atoms with Gasteiger partial charge in [0, 0.05) is 18.8 Å². The third-order valence-electron chi connectivity index (χ3n) is 5.54. The van der Waals surface area contributed by atoms with Crippen molar-refractivity contribution >= 4 is 0 Å². The summed E-state index contributed by atoms with van der Waals surface area (Å²) >= 11 is 0. The lowest BCUT2D eigenvalue weighted by Gasteiger charge is -2.38. The van der Waals surface area contributed by atoms with Gasteiger partial charge in [-0.25, -0.2) is 0 Å². The summed E-state index contributed by atoms with van der Waals surface area (Å²) in [5.74, 6) is 0.881. The Morgan fingerprint density at radius 3 is 2.88 bits per heavy atom. The summed E-state index contributed by atoms with van der Waals surface area (Å²) in [5.41, 5.74) is 2.33. The number of rotatable bonds is 6. The fraction of sp³-hybridized carbons (Fsp3) is 0.600. The van der Waals surface area contributed by atoms with Gasteiger partial charge in [-0.3, -0.25) is 9.88 Å². The lowest BCUT2D eigenvalue weighted by Crippen LogP contribution is -2.40. The molecule has 1 atom stereocenters. The molecule has 2 fully saturated rings. The first kappa shape index (κ1) is 17.6. The summed E-state index contributed by atoms with van der Waals surface area (Å²) in [4.78, 5) is 6.75. The predicted octanol–water partition coefficient (Wildman–Crippen LogP) is 2.97. The van der Waals surface area contributed by atoms with E-state index in [9.17, 15) is 0 Å². The minimum Gasteiger partial charge on any atom is -0.375 e. The molecule has 0 amide bonds. The molecular formula is C20H27N3O3. The molecule has 4 heterocycles. The second-order valence-electron chi connectivity index (χ2n) is 7.68. The van der Waals surface area contributed by atoms with Crippen LogP contribution < -0.4 is 0 Å². The van der Waals surface area contributed by atoms with Crippen molar-refractivity contribution in [3.8, 4) is 0 Å². The van der Waals surface area contributed by atoms with Gasteiger partial charge in [0.25, 0.3) is 0 Å². The van der Waals surface area contributed by atoms with E-state index < -0.39 is 0 Å². The molecule has 2 saturated heterocycles. The summed E-state index contributed by atoms with van der Waals surface area (Å²) in [6, 6.07) is 7.92. The fourth-order valence-corrected chi connectivity index (χ4v) is 4.04. The van der Waals surface area contributed by atoms with Crippen molar-refractivity contribution in [2.24, 2.45) is 5.41 Å². The van der Waals surface area contributed by atoms with Crippen LogP contribution in [0.25, 0.3) is 0 Å². The van der Waals surface area contributed by atoms with Gasteiger partial charge in [-0.15, -0.1) is 0 Å². The third kappa shape index (κ3) is 4.31. The largest absolute Gasteiger partial charge is 0.375 e. The van der Waals surface area contributed by atoms with Crippen molar-refractivity contribution in [1.82, 2.24) is 15.0 Å². The molecule has 6 heteroatoms. The monoisotopic (exact) mass is 357 g/mol. The molecule has 0 saturated carbocycles. The zero-order valence-electron chi connectivity index (χ0n) is 15.4. The summed E-state index contributed by atoms with van der Waals surface area (Å²) in [6.07, 6.45) is 5.48. The van der Waals surface area contributed by atoms with Crippen molar-refractivity contribution in [1.29, 1.82) is 0 Å². The molecule has 0 aromatic carbocycles. The number of ether oxygens (including phenoxy) is 2. The lowest BCUT2D eigenvalue weighted by atomic mass is 9.76. The van der Waals surface area contributed by atoms with Crippen molar-refractivity contribution < 1.29 is 14.0 Å². The summed E-state index contributed by atoms with van der Waals surface area (Å²) in [5, 5.41) is 4.11. The number of aryl methyl sites for hydroxylation is 1. The number of pyridine rings is 1. The number of nitrogens with zero attached hydrogens (tertiary/aromatic N) is 3. The van der Waals surface area contributed by atoms with E-state index >= 15 is 0 Å². The SMILES string of the molecule is Cc1cc(CN2CCC3(CC2)COC(COCc2ccccn2)C3)no1. The standard InChI is InChI=1S/C20H27N3O3/c1-16-10-18(22-26-16)12-23-8-5-20(6-9-23)11-19(25-15-20)14-24-13-17-4-2-3-7-21-17/h2-4,7,10,19H,5-6,8-9,11-15H2,1H3. The van der Waals surface area contributed by atoms with Crippen LogP contribution in [0.2, 0.25) is 0 Å². The van der Waals surface area contributed by atoms with Crippen LogP contribution in [0, 0.1) is 12.3 Å². The Morgan fingerprint density at radius 2 is 2.15 bits per heavy atom. The minimum absolute atomic E-state index is 0.212. The Balaban J connectivity index is 1.20. The van der Waals surface area contributed by atoms with E-state index in [1.807, 2.05) is 31.2 Å². The van der Waals surface area contributed by atoms with Crippen molar-refractivity contribution in [3.63, 3.8) is 0 Å². The maximum absolute atomic E-state index is 6.05. The number of likely N-dealkylation sites (tertiary alicyclic amines) is 1. The molecule has 6 nitrogen and oxygen atoms in total. The highest BCUT2D eigenvalue weighted by Crippen LogP contribution is 2.42. The molecule has 140 valence electrons. The molecule has 0 N–H and O–H groups in total. The number of aromatic nitrogens is 2. The molecular weight excluding hydrogens is 330 g/mol. The van der Waals surface area contributed by atoms with E-state index in [-0.39, 0.29) is 6.10 Å². The quantitative estimate of drug-likeness (QED) is 0.792. The van der Waals surface area contributed by atoms with Gasteiger partial charge in [0.2, 0.25) is 0 Å². The van der Waals surface area contributed by atoms with E-state index in [0.29, 0.717) is 18.6 Å². The van der Waals surface area contributed by atoms with E-state index in [1.54, 1.807) is 6.20 Å². The average Bonchev–Trinajstić information content (AvgIpc) is 3.25. The van der Waals surface area contributed by atoms with Gasteiger partial charge in [-0.1, -0.05) is 11.2 Å². The van der Waals surface area contributed by atoms with Crippen LogP contribution in [0.5, 0.6) is 0 Å². The molecule has 1 spiro atoms. The van der Waals surface area contributed by atoms with Gasteiger partial charge in [-0.05, 0) is 56.8 Å². The predicted molar refractivity (Wildman–Crippen MR) is 96.4 cm³/mol. The zero-order chi connectivity index (χ0) is 17.8. The summed E-state index contributed by atoms with van der Waals surface area (Å²) < 4.78 is 17.0. The van der Waals surface area contributed by atoms with Gasteiger partial charge in [-0.2, -0.15) is 0 Å². The Labute approximate surface area is 154 Å². The van der Waals surface area contributed by atoms with E-state index in [0.717, 1.165) is 49.8 Å². The van der Waals surface area contributed by atoms with Crippen LogP contribution in [0.3, 0.4) is 0 Å². The fourth-order valence-electron chi connectivity index (χ4n) is 4.04. The Kier molecular flexibility index (Phi) is 5.33. The second kappa shape index (κ2) is 7.86. The second-order valence-corrected chi connectivity index (χ2v) is 7.68. The van der Waals surface area contributed by atoms with Gasteiger partial charge >= 0.3 is 0 Å². The van der Waals surface area contributed by atoms with Crippen LogP contribution in [0.1, 0.15) is 36.4 Å². The summed E-state index contributed by atoms with van der Waals surface area (Å²) in [6.45, 7) is 7.08. The summed E-state index contributed by atoms with van der Waals surface area (Å²) in [7, 11) is 0. The van der Waals surface area contributed by atoms with Gasteiger partial charge in [0.15, 0.2) is 0 Å². The zero-order valence-corrected chi connectivity index (χ0v) is 15.4. The number of hydrogen-bond acceptors (Lipinski definition) is 6. The molecule has 2 aliphatic rings. The normalized spacial score (nSPS) is 22.9. The molecule has 0 radical (unpaired) electrons. The van der Waals surface area contributed by atoms with Gasteiger partial charge < -0.3 is 14.0 Å². The van der Waals surface area contributed by atoms with E-state index in [4.69, 9.17) is 14.0 Å². The van der Waals surface area contributed by atoms with Gasteiger partial charge in [0.1, 0.15) is 5.76 Å². The highest BCUT2D eigenvalue weighted by atomic mass is 16.5. The molecule has 2 aliphatic heterocycles. The molecule has 0 aliphatic carbocycles. The molecule has 1 unspecified atom stereocenters. The average molecular weight is 357 g/mol. The first-order chi connectivity index (χ1) is 12.7. The first-order valence-electron chi connectivity index (χ1n) is 9.45. The lowest BCUT2D eigenvalue weighted by molar-refractivity contribution is 0.00551. The topological polar surface area (TPSA) is 60.6 Å². The molecule has 26 heavy (non-hydrogen) atoms. The highest BCUT2D eigenvalue weighted by Gasteiger charge is 2.42. The molecule has 2 aromatic heterocycles. The van der Waals surface area contributed by atoms with E-state index in [1.165, 1.54) is 12.8 Å². The maximum atomic E-state index is 6.05. The Hall–Kier alpha value is -1.76. The van der Waals surface area contributed by atoms with Crippen LogP contribution in [0.4, 0.5) is 0 Å². The molecule has 4 rings (SSSR count). The van der Waals surface area contributed by atoms with E-state index in [2.05, 4.69) is 15.0 Å². The molecule has 2 aromatic rings. The van der Waals surface area contributed by atoms with Crippen LogP contribution in [-0.2, 0) is 22.6 Å². The Morgan fingerprint density at radius 1 is 1.27 bits per heavy atom. The Bertz CT molecular complexity index is 695. The number of hydrogen-bond donors (Lipinski definition) is 0. The van der Waals surface area contributed by atoms with Crippen molar-refractivity contribution in [2.45, 2.75) is 45.4 Å². The van der Waals surface area contributed by atoms with Crippen molar-refractivity contribution in [3.05, 3.63) is 47.6 Å². The van der Waals surface area contributed by atoms with Crippen LogP contribution in [-0.4, -0.2) is 47.4 Å². The highest BCUT2D eigenvalue weighted by molar-refractivity contribution is 5.04. The first-order valence-corrected chi connectivity index (χ1v) is 9.45. The molecule has 0 bridgehead atoms.